The average molecular weight is 566 g/mol. The van der Waals surface area contributed by atoms with E-state index in [1.54, 1.807) is 0 Å². The third-order valence-corrected chi connectivity index (χ3v) is 8.75. The van der Waals surface area contributed by atoms with E-state index in [1.807, 2.05) is 42.5 Å². The van der Waals surface area contributed by atoms with Crippen molar-refractivity contribution in [1.82, 2.24) is 0 Å². The average Bonchev–Trinajstić information content (AvgIpc) is 3.07. The number of hydrogen-bond acceptors (Lipinski definition) is 2. The highest BCUT2D eigenvalue weighted by molar-refractivity contribution is 6.15. The van der Waals surface area contributed by atoms with E-state index in [-0.39, 0.29) is 0 Å². The summed E-state index contributed by atoms with van der Waals surface area (Å²) in [4.78, 5) is 6.22. The molecule has 0 atom stereocenters. The number of benzene rings is 6. The minimum atomic E-state index is 0.590. The van der Waals surface area contributed by atoms with Gasteiger partial charge in [0.25, 0.3) is 0 Å². The Kier molecular flexibility index (Phi) is 7.15. The highest BCUT2D eigenvalue weighted by atomic mass is 15.1. The maximum atomic E-state index is 9.94. The van der Waals surface area contributed by atoms with Crippen molar-refractivity contribution in [3.05, 3.63) is 154 Å². The predicted octanol–water partition coefficient (Wildman–Crippen LogP) is 11.2. The largest absolute Gasteiger partial charge is 0.310 e. The molecule has 0 saturated heterocycles. The molecule has 0 N–H and O–H groups in total. The zero-order valence-electron chi connectivity index (χ0n) is 24.7. The van der Waals surface area contributed by atoms with Crippen LogP contribution in [0.15, 0.2) is 109 Å². The molecule has 0 radical (unpaired) electrons. The van der Waals surface area contributed by atoms with Gasteiger partial charge in [-0.25, -0.2) is 4.85 Å². The fourth-order valence-electron chi connectivity index (χ4n) is 6.45. The number of fused-ring (bicyclic) bond motifs is 3. The van der Waals surface area contributed by atoms with Crippen molar-refractivity contribution in [2.75, 3.05) is 4.90 Å². The first-order valence-electron chi connectivity index (χ1n) is 15.2. The van der Waals surface area contributed by atoms with Crippen molar-refractivity contribution >= 4 is 56.4 Å². The monoisotopic (exact) mass is 565 g/mol. The molecule has 0 aliphatic heterocycles. The van der Waals surface area contributed by atoms with Crippen LogP contribution in [-0.2, 0) is 12.8 Å². The van der Waals surface area contributed by atoms with Crippen LogP contribution in [0, 0.1) is 24.8 Å². The lowest BCUT2D eigenvalue weighted by molar-refractivity contribution is 0.685. The molecule has 6 aromatic carbocycles. The lowest BCUT2D eigenvalue weighted by Gasteiger charge is -2.27. The van der Waals surface area contributed by atoms with Gasteiger partial charge in [-0.1, -0.05) is 90.5 Å². The van der Waals surface area contributed by atoms with Gasteiger partial charge in [0, 0.05) is 17.1 Å². The Morgan fingerprint density at radius 2 is 1.27 bits per heavy atom. The molecule has 1 aliphatic carbocycles. The van der Waals surface area contributed by atoms with Gasteiger partial charge in [-0.15, -0.1) is 0 Å². The Morgan fingerprint density at radius 3 is 2.00 bits per heavy atom. The van der Waals surface area contributed by atoms with Crippen LogP contribution >= 0.6 is 0 Å². The fraction of sp³-hybridized carbons (Fsp3) is 0.122. The van der Waals surface area contributed by atoms with Crippen molar-refractivity contribution in [2.45, 2.75) is 32.6 Å². The quantitative estimate of drug-likeness (QED) is 0.118. The molecular weight excluding hydrogens is 534 g/mol. The van der Waals surface area contributed by atoms with E-state index in [0.717, 1.165) is 50.5 Å². The fourth-order valence-corrected chi connectivity index (χ4v) is 6.45. The third kappa shape index (κ3) is 5.00. The molecule has 0 spiro atoms. The summed E-state index contributed by atoms with van der Waals surface area (Å²) < 4.78 is 0. The molecule has 6 aromatic rings. The SMILES string of the molecule is [C-]#[N+]c1c2ccccc2c(C#N)c2ccc(C=Cc3ccc(N(c4ccc(C)cc4)c4ccc5c(c4)CCCC5)cc3)cc12. The molecular formula is C41H31N3. The molecule has 0 saturated carbocycles. The smallest absolute Gasteiger partial charge is 0.202 e. The third-order valence-electron chi connectivity index (χ3n) is 8.75. The number of nitriles is 1. The van der Waals surface area contributed by atoms with Crippen LogP contribution < -0.4 is 4.90 Å². The van der Waals surface area contributed by atoms with Crippen molar-refractivity contribution in [3.8, 4) is 6.07 Å². The Balaban J connectivity index is 1.23. The zero-order chi connectivity index (χ0) is 30.0. The highest BCUT2D eigenvalue weighted by Crippen LogP contribution is 2.40. The van der Waals surface area contributed by atoms with E-state index < -0.39 is 0 Å². The summed E-state index contributed by atoms with van der Waals surface area (Å²) in [5.41, 5.74) is 10.9. The first-order chi connectivity index (χ1) is 21.6. The Hall–Kier alpha value is -5.64. The molecule has 0 aromatic heterocycles. The molecule has 3 nitrogen and oxygen atoms in total. The van der Waals surface area contributed by atoms with Crippen LogP contribution in [-0.4, -0.2) is 0 Å². The van der Waals surface area contributed by atoms with Crippen molar-refractivity contribution in [3.63, 3.8) is 0 Å². The number of nitrogens with zero attached hydrogens (tertiary/aromatic N) is 3. The number of hydrogen-bond donors (Lipinski definition) is 0. The maximum absolute atomic E-state index is 9.94. The Bertz CT molecular complexity index is 2140. The molecule has 44 heavy (non-hydrogen) atoms. The maximum Gasteiger partial charge on any atom is 0.202 e. The van der Waals surface area contributed by atoms with Gasteiger partial charge in [-0.05, 0) is 113 Å². The summed E-state index contributed by atoms with van der Waals surface area (Å²) in [6, 6.07) is 40.4. The molecule has 3 heteroatoms. The number of aryl methyl sites for hydroxylation is 3. The van der Waals surface area contributed by atoms with E-state index >= 15 is 0 Å². The summed E-state index contributed by atoms with van der Waals surface area (Å²) in [6.45, 7) is 10.0. The standard InChI is InChI=1S/C41H31N3/c1-28-11-19-33(20-12-28)44(35-23-18-31-7-3-4-8-32(31)26-35)34-21-15-29(16-22-34)13-14-30-17-24-37-39(25-30)41(43-2)38-10-6-5-9-36(38)40(37)27-42/h5-6,9-26H,3-4,7-8H2,1H3. The van der Waals surface area contributed by atoms with Crippen LogP contribution in [0.4, 0.5) is 22.7 Å². The van der Waals surface area contributed by atoms with Gasteiger partial charge in [0.15, 0.2) is 0 Å². The Labute approximate surface area is 258 Å². The van der Waals surface area contributed by atoms with E-state index in [0.29, 0.717) is 11.3 Å². The molecule has 1 aliphatic rings. The van der Waals surface area contributed by atoms with Gasteiger partial charge in [0.05, 0.1) is 12.1 Å². The Morgan fingerprint density at radius 1 is 0.659 bits per heavy atom. The normalized spacial score (nSPS) is 12.6. The number of rotatable bonds is 5. The summed E-state index contributed by atoms with van der Waals surface area (Å²) in [5.74, 6) is 0. The lowest BCUT2D eigenvalue weighted by Crippen LogP contribution is -2.12. The first-order valence-corrected chi connectivity index (χ1v) is 15.2. The van der Waals surface area contributed by atoms with Crippen LogP contribution in [0.1, 0.15) is 46.2 Å². The van der Waals surface area contributed by atoms with Crippen LogP contribution in [0.5, 0.6) is 0 Å². The van der Waals surface area contributed by atoms with Gasteiger partial charge in [0.2, 0.25) is 5.69 Å². The van der Waals surface area contributed by atoms with Gasteiger partial charge in [0.1, 0.15) is 6.07 Å². The van der Waals surface area contributed by atoms with Gasteiger partial charge < -0.3 is 4.90 Å². The molecule has 0 fully saturated rings. The van der Waals surface area contributed by atoms with Crippen LogP contribution in [0.25, 0.3) is 38.5 Å². The second-order valence-corrected chi connectivity index (χ2v) is 11.6. The summed E-state index contributed by atoms with van der Waals surface area (Å²) in [5, 5.41) is 13.2. The molecule has 210 valence electrons. The van der Waals surface area contributed by atoms with E-state index in [9.17, 15) is 5.26 Å². The minimum absolute atomic E-state index is 0.590. The van der Waals surface area contributed by atoms with Crippen molar-refractivity contribution in [2.24, 2.45) is 0 Å². The minimum Gasteiger partial charge on any atom is -0.310 e. The summed E-state index contributed by atoms with van der Waals surface area (Å²) in [7, 11) is 0. The lowest BCUT2D eigenvalue weighted by atomic mass is 9.91. The topological polar surface area (TPSA) is 31.4 Å². The van der Waals surface area contributed by atoms with E-state index in [2.05, 4.69) is 102 Å². The van der Waals surface area contributed by atoms with Gasteiger partial charge >= 0.3 is 0 Å². The van der Waals surface area contributed by atoms with E-state index in [4.69, 9.17) is 6.57 Å². The summed E-state index contributed by atoms with van der Waals surface area (Å²) >= 11 is 0. The first kappa shape index (κ1) is 27.2. The second kappa shape index (κ2) is 11.6. The van der Waals surface area contributed by atoms with Gasteiger partial charge in [-0.3, -0.25) is 0 Å². The molecule has 0 unspecified atom stereocenters. The zero-order valence-corrected chi connectivity index (χ0v) is 24.7. The second-order valence-electron chi connectivity index (χ2n) is 11.6. The van der Waals surface area contributed by atoms with Crippen LogP contribution in [0.2, 0.25) is 0 Å². The van der Waals surface area contributed by atoms with E-state index in [1.165, 1.54) is 41.6 Å². The number of anilines is 3. The van der Waals surface area contributed by atoms with Gasteiger partial charge in [-0.2, -0.15) is 5.26 Å². The molecule has 0 heterocycles. The molecule has 0 amide bonds. The molecule has 0 bridgehead atoms. The molecule has 7 rings (SSSR count). The highest BCUT2D eigenvalue weighted by Gasteiger charge is 2.17. The van der Waals surface area contributed by atoms with Crippen molar-refractivity contribution in [1.29, 1.82) is 5.26 Å². The van der Waals surface area contributed by atoms with Crippen molar-refractivity contribution < 1.29 is 0 Å². The van der Waals surface area contributed by atoms with Crippen LogP contribution in [0.3, 0.4) is 0 Å². The predicted molar refractivity (Wildman–Crippen MR) is 184 cm³/mol. The summed E-state index contributed by atoms with van der Waals surface area (Å²) in [6.07, 6.45) is 9.03.